The van der Waals surface area contributed by atoms with E-state index in [0.717, 1.165) is 6.54 Å². The molecule has 1 aliphatic rings. The largest absolute Gasteiger partial charge is 0.264 e. The lowest BCUT2D eigenvalue weighted by Crippen LogP contribution is -2.30. The van der Waals surface area contributed by atoms with E-state index >= 15 is 0 Å². The molecule has 1 saturated heterocycles. The lowest BCUT2D eigenvalue weighted by atomic mass is 9.91. The molecule has 8 heavy (non-hydrogen) atoms. The molecule has 0 unspecified atom stereocenters. The van der Waals surface area contributed by atoms with Crippen molar-refractivity contribution in [1.29, 1.82) is 0 Å². The van der Waals surface area contributed by atoms with Crippen LogP contribution in [0.25, 0.3) is 0 Å². The molecule has 0 bridgehead atoms. The molecule has 0 radical (unpaired) electrons. The summed E-state index contributed by atoms with van der Waals surface area (Å²) in [5.74, 6) is 1.27. The summed E-state index contributed by atoms with van der Waals surface area (Å²) >= 11 is 1.85. The fourth-order valence-electron chi connectivity index (χ4n) is 0.734. The van der Waals surface area contributed by atoms with Gasteiger partial charge in [0, 0.05) is 12.3 Å². The summed E-state index contributed by atoms with van der Waals surface area (Å²) in [6.07, 6.45) is 1.35. The van der Waals surface area contributed by atoms with Gasteiger partial charge >= 0.3 is 0 Å². The predicted molar refractivity (Wildman–Crippen MR) is 38.9 cm³/mol. The van der Waals surface area contributed by atoms with E-state index in [1.165, 1.54) is 12.2 Å². The van der Waals surface area contributed by atoms with E-state index in [4.69, 9.17) is 0 Å². The smallest absolute Gasteiger partial charge is 0.0110 e. The molecule has 48 valence electrons. The maximum Gasteiger partial charge on any atom is 0.0110 e. The van der Waals surface area contributed by atoms with Gasteiger partial charge in [0.25, 0.3) is 0 Å². The minimum atomic E-state index is 0.547. The first kappa shape index (κ1) is 6.43. The number of rotatable bonds is 0. The summed E-state index contributed by atoms with van der Waals surface area (Å²) < 4.78 is 3.29. The Hall–Kier alpha value is 0.310. The summed E-state index contributed by atoms with van der Waals surface area (Å²) in [4.78, 5) is 0. The molecule has 0 amide bonds. The Morgan fingerprint density at radius 3 is 2.50 bits per heavy atom. The van der Waals surface area contributed by atoms with Crippen LogP contribution >= 0.6 is 11.9 Å². The minimum Gasteiger partial charge on any atom is -0.264 e. The van der Waals surface area contributed by atoms with Crippen LogP contribution in [-0.2, 0) is 0 Å². The molecule has 1 fully saturated rings. The lowest BCUT2D eigenvalue weighted by Gasteiger charge is -2.28. The van der Waals surface area contributed by atoms with Gasteiger partial charge in [-0.25, -0.2) is 0 Å². The van der Waals surface area contributed by atoms with Crippen LogP contribution < -0.4 is 4.72 Å². The van der Waals surface area contributed by atoms with Gasteiger partial charge in [-0.3, -0.25) is 4.72 Å². The van der Waals surface area contributed by atoms with Gasteiger partial charge in [0.2, 0.25) is 0 Å². The van der Waals surface area contributed by atoms with Crippen molar-refractivity contribution in [3.8, 4) is 0 Å². The highest BCUT2D eigenvalue weighted by Crippen LogP contribution is 2.25. The molecule has 2 heteroatoms. The van der Waals surface area contributed by atoms with E-state index in [2.05, 4.69) is 18.6 Å². The Bertz CT molecular complexity index is 72.6. The average Bonchev–Trinajstić information content (AvgIpc) is 1.65. The molecule has 0 aromatic heterocycles. The van der Waals surface area contributed by atoms with Crippen LogP contribution in [0.1, 0.15) is 20.3 Å². The highest BCUT2D eigenvalue weighted by atomic mass is 32.2. The molecular weight excluding hydrogens is 118 g/mol. The van der Waals surface area contributed by atoms with Crippen LogP contribution in [0.3, 0.4) is 0 Å². The molecule has 1 nitrogen and oxygen atoms in total. The van der Waals surface area contributed by atoms with Crippen LogP contribution in [0.4, 0.5) is 0 Å². The maximum atomic E-state index is 3.29. The van der Waals surface area contributed by atoms with Gasteiger partial charge in [0.05, 0.1) is 0 Å². The van der Waals surface area contributed by atoms with E-state index in [0.29, 0.717) is 5.41 Å². The van der Waals surface area contributed by atoms with Crippen molar-refractivity contribution in [2.45, 2.75) is 20.3 Å². The molecular formula is C6H13NS. The second kappa shape index (κ2) is 2.28. The number of hydrogen-bond donors (Lipinski definition) is 1. The zero-order chi connectivity index (χ0) is 6.04. The topological polar surface area (TPSA) is 12.0 Å². The van der Waals surface area contributed by atoms with Gasteiger partial charge < -0.3 is 0 Å². The van der Waals surface area contributed by atoms with Gasteiger partial charge in [-0.2, -0.15) is 0 Å². The van der Waals surface area contributed by atoms with Crippen molar-refractivity contribution in [3.63, 3.8) is 0 Å². The highest BCUT2D eigenvalue weighted by Gasteiger charge is 2.20. The number of nitrogens with one attached hydrogen (secondary N) is 1. The monoisotopic (exact) mass is 131 g/mol. The molecule has 0 spiro atoms. The fourth-order valence-corrected chi connectivity index (χ4v) is 2.03. The van der Waals surface area contributed by atoms with Crippen molar-refractivity contribution in [1.82, 2.24) is 4.72 Å². The maximum absolute atomic E-state index is 3.29. The van der Waals surface area contributed by atoms with Gasteiger partial charge in [-0.15, -0.1) is 0 Å². The van der Waals surface area contributed by atoms with E-state index in [1.807, 2.05) is 11.9 Å². The SMILES string of the molecule is CC1(C)CCSNC1. The van der Waals surface area contributed by atoms with Crippen LogP contribution in [0.5, 0.6) is 0 Å². The first-order valence-corrected chi connectivity index (χ1v) is 4.04. The van der Waals surface area contributed by atoms with Gasteiger partial charge in [0.15, 0.2) is 0 Å². The third-order valence-corrected chi connectivity index (χ3v) is 2.29. The van der Waals surface area contributed by atoms with E-state index in [-0.39, 0.29) is 0 Å². The third-order valence-electron chi connectivity index (χ3n) is 1.53. The van der Waals surface area contributed by atoms with Crippen LogP contribution in [0, 0.1) is 5.41 Å². The standard InChI is InChI=1S/C6H13NS/c1-6(2)3-4-8-7-5-6/h7H,3-5H2,1-2H3. The Morgan fingerprint density at radius 2 is 2.25 bits per heavy atom. The molecule has 1 aliphatic heterocycles. The highest BCUT2D eigenvalue weighted by molar-refractivity contribution is 7.97. The van der Waals surface area contributed by atoms with Crippen molar-refractivity contribution < 1.29 is 0 Å². The van der Waals surface area contributed by atoms with E-state index in [1.54, 1.807) is 0 Å². The molecule has 1 N–H and O–H groups in total. The first-order valence-electron chi connectivity index (χ1n) is 3.05. The van der Waals surface area contributed by atoms with Crippen LogP contribution in [-0.4, -0.2) is 12.3 Å². The van der Waals surface area contributed by atoms with Crippen molar-refractivity contribution in [2.24, 2.45) is 5.41 Å². The molecule has 1 rings (SSSR count). The predicted octanol–water partition coefficient (Wildman–Crippen LogP) is 1.65. The summed E-state index contributed by atoms with van der Waals surface area (Å²) in [6, 6.07) is 0. The molecule has 0 aliphatic carbocycles. The van der Waals surface area contributed by atoms with Crippen molar-refractivity contribution in [2.75, 3.05) is 12.3 Å². The zero-order valence-corrected chi connectivity index (χ0v) is 6.35. The second-order valence-electron chi connectivity index (χ2n) is 3.08. The van der Waals surface area contributed by atoms with Crippen LogP contribution in [0.2, 0.25) is 0 Å². The summed E-state index contributed by atoms with van der Waals surface area (Å²) in [5, 5.41) is 0. The zero-order valence-electron chi connectivity index (χ0n) is 5.53. The van der Waals surface area contributed by atoms with Gasteiger partial charge in [-0.1, -0.05) is 25.8 Å². The van der Waals surface area contributed by atoms with Crippen molar-refractivity contribution in [3.05, 3.63) is 0 Å². The van der Waals surface area contributed by atoms with Crippen molar-refractivity contribution >= 4 is 11.9 Å². The minimum absolute atomic E-state index is 0.547. The summed E-state index contributed by atoms with van der Waals surface area (Å²) in [5.41, 5.74) is 0.547. The molecule has 1 heterocycles. The number of hydrogen-bond acceptors (Lipinski definition) is 2. The van der Waals surface area contributed by atoms with Gasteiger partial charge in [-0.05, 0) is 11.8 Å². The fraction of sp³-hybridized carbons (Fsp3) is 1.00. The Balaban J connectivity index is 2.33. The van der Waals surface area contributed by atoms with E-state index in [9.17, 15) is 0 Å². The van der Waals surface area contributed by atoms with Gasteiger partial charge in [0.1, 0.15) is 0 Å². The van der Waals surface area contributed by atoms with Crippen LogP contribution in [0.15, 0.2) is 0 Å². The third kappa shape index (κ3) is 1.67. The Morgan fingerprint density at radius 1 is 1.50 bits per heavy atom. The molecule has 0 atom stereocenters. The molecule has 0 aromatic rings. The summed E-state index contributed by atoms with van der Waals surface area (Å²) in [7, 11) is 0. The summed E-state index contributed by atoms with van der Waals surface area (Å²) in [6.45, 7) is 5.77. The second-order valence-corrected chi connectivity index (χ2v) is 4.07. The molecule has 0 aromatic carbocycles. The quantitative estimate of drug-likeness (QED) is 0.502. The average molecular weight is 131 g/mol. The molecule has 0 saturated carbocycles. The first-order chi connectivity index (χ1) is 3.71. The normalized spacial score (nSPS) is 27.8. The van der Waals surface area contributed by atoms with E-state index < -0.39 is 0 Å². The lowest BCUT2D eigenvalue weighted by molar-refractivity contribution is 0.348. The Kier molecular flexibility index (Phi) is 1.83. The Labute approximate surface area is 55.4 Å².